The zero-order valence-electron chi connectivity index (χ0n) is 8.98. The van der Waals surface area contributed by atoms with E-state index in [9.17, 15) is 5.11 Å². The summed E-state index contributed by atoms with van der Waals surface area (Å²) in [6.07, 6.45) is 2.51. The fraction of sp³-hybridized carbons (Fsp3) is 0.308. The van der Waals surface area contributed by atoms with E-state index < -0.39 is 5.60 Å². The van der Waals surface area contributed by atoms with E-state index in [-0.39, 0.29) is 0 Å². The third-order valence-corrected chi connectivity index (χ3v) is 3.11. The number of pyridine rings is 1. The summed E-state index contributed by atoms with van der Waals surface area (Å²) in [5, 5.41) is 14.3. The van der Waals surface area contributed by atoms with E-state index in [1.165, 1.54) is 5.56 Å². The molecule has 0 amide bonds. The average molecular weight is 214 g/mol. The molecule has 1 aliphatic rings. The van der Waals surface area contributed by atoms with E-state index in [1.807, 2.05) is 18.2 Å². The van der Waals surface area contributed by atoms with Gasteiger partial charge in [-0.3, -0.25) is 4.98 Å². The monoisotopic (exact) mass is 214 g/mol. The van der Waals surface area contributed by atoms with E-state index >= 15 is 0 Å². The molecule has 0 aliphatic carbocycles. The van der Waals surface area contributed by atoms with Crippen molar-refractivity contribution >= 4 is 10.9 Å². The molecule has 1 aromatic carbocycles. The number of aromatic nitrogens is 1. The minimum atomic E-state index is -0.546. The van der Waals surface area contributed by atoms with Crippen LogP contribution in [-0.4, -0.2) is 28.8 Å². The van der Waals surface area contributed by atoms with Gasteiger partial charge in [0.1, 0.15) is 0 Å². The van der Waals surface area contributed by atoms with Gasteiger partial charge >= 0.3 is 0 Å². The highest BCUT2D eigenvalue weighted by Gasteiger charge is 2.34. The number of hydrogen-bond donors (Lipinski definition) is 2. The average Bonchev–Trinajstić information content (AvgIpc) is 2.27. The number of nitrogens with zero attached hydrogens (tertiary/aromatic N) is 1. The third-order valence-electron chi connectivity index (χ3n) is 3.11. The molecule has 3 heteroatoms. The van der Waals surface area contributed by atoms with Crippen LogP contribution >= 0.6 is 0 Å². The summed E-state index contributed by atoms with van der Waals surface area (Å²) in [5.74, 6) is 0. The van der Waals surface area contributed by atoms with E-state index in [0.29, 0.717) is 19.5 Å². The molecule has 3 nitrogen and oxygen atoms in total. The lowest BCUT2D eigenvalue weighted by molar-refractivity contribution is -0.00899. The van der Waals surface area contributed by atoms with Crippen LogP contribution in [-0.2, 0) is 6.42 Å². The molecule has 0 spiro atoms. The summed E-state index contributed by atoms with van der Waals surface area (Å²) in [7, 11) is 0. The largest absolute Gasteiger partial charge is 0.387 e. The van der Waals surface area contributed by atoms with E-state index in [4.69, 9.17) is 0 Å². The number of fused-ring (bicyclic) bond motifs is 1. The zero-order valence-corrected chi connectivity index (χ0v) is 8.98. The van der Waals surface area contributed by atoms with Gasteiger partial charge in [-0.05, 0) is 23.8 Å². The zero-order chi connectivity index (χ0) is 11.0. The fourth-order valence-electron chi connectivity index (χ4n) is 2.15. The Bertz CT molecular complexity index is 520. The normalized spacial score (nSPS) is 18.3. The highest BCUT2D eigenvalue weighted by Crippen LogP contribution is 2.20. The molecule has 2 heterocycles. The number of benzene rings is 1. The number of rotatable bonds is 2. The van der Waals surface area contributed by atoms with Gasteiger partial charge in [-0.15, -0.1) is 0 Å². The van der Waals surface area contributed by atoms with Crippen LogP contribution in [0.5, 0.6) is 0 Å². The first kappa shape index (κ1) is 9.75. The summed E-state index contributed by atoms with van der Waals surface area (Å²) in [4.78, 5) is 4.28. The lowest BCUT2D eigenvalue weighted by atomic mass is 9.89. The Morgan fingerprint density at radius 2 is 2.19 bits per heavy atom. The molecule has 1 fully saturated rings. The predicted molar refractivity (Wildman–Crippen MR) is 63.3 cm³/mol. The van der Waals surface area contributed by atoms with Crippen molar-refractivity contribution in [3.05, 3.63) is 42.1 Å². The van der Waals surface area contributed by atoms with Gasteiger partial charge in [0.05, 0.1) is 11.1 Å². The predicted octanol–water partition coefficient (Wildman–Crippen LogP) is 1.11. The van der Waals surface area contributed by atoms with Gasteiger partial charge < -0.3 is 10.4 Å². The lowest BCUT2D eigenvalue weighted by Gasteiger charge is -2.37. The van der Waals surface area contributed by atoms with Crippen LogP contribution in [0.2, 0.25) is 0 Å². The van der Waals surface area contributed by atoms with Crippen LogP contribution in [0.4, 0.5) is 0 Å². The maximum Gasteiger partial charge on any atom is 0.0935 e. The number of aliphatic hydroxyl groups is 1. The summed E-state index contributed by atoms with van der Waals surface area (Å²) < 4.78 is 0. The smallest absolute Gasteiger partial charge is 0.0935 e. The highest BCUT2D eigenvalue weighted by atomic mass is 16.3. The first-order valence-corrected chi connectivity index (χ1v) is 5.52. The molecule has 3 rings (SSSR count). The standard InChI is InChI=1S/C13H14N2O/c16-13(8-14-9-13)7-10-3-4-12-11(6-10)2-1-5-15-12/h1-6,14,16H,7-9H2. The topological polar surface area (TPSA) is 45.2 Å². The molecular weight excluding hydrogens is 200 g/mol. The van der Waals surface area contributed by atoms with Crippen LogP contribution < -0.4 is 5.32 Å². The molecule has 82 valence electrons. The molecule has 1 aliphatic heterocycles. The maximum atomic E-state index is 10.1. The van der Waals surface area contributed by atoms with Gasteiger partial charge in [0.15, 0.2) is 0 Å². The second-order valence-electron chi connectivity index (χ2n) is 4.54. The van der Waals surface area contributed by atoms with Gasteiger partial charge in [0, 0.05) is 31.1 Å². The molecule has 0 atom stereocenters. The molecule has 2 aromatic rings. The highest BCUT2D eigenvalue weighted by molar-refractivity contribution is 5.78. The van der Waals surface area contributed by atoms with Gasteiger partial charge in [0.25, 0.3) is 0 Å². The number of hydrogen-bond acceptors (Lipinski definition) is 3. The first-order valence-electron chi connectivity index (χ1n) is 5.52. The summed E-state index contributed by atoms with van der Waals surface area (Å²) in [6.45, 7) is 1.39. The maximum absolute atomic E-state index is 10.1. The quantitative estimate of drug-likeness (QED) is 0.787. The Balaban J connectivity index is 1.93. The minimum Gasteiger partial charge on any atom is -0.387 e. The van der Waals surface area contributed by atoms with Gasteiger partial charge in [0.2, 0.25) is 0 Å². The van der Waals surface area contributed by atoms with Gasteiger partial charge in [-0.25, -0.2) is 0 Å². The van der Waals surface area contributed by atoms with Crippen molar-refractivity contribution in [3.63, 3.8) is 0 Å². The number of nitrogens with one attached hydrogen (secondary N) is 1. The molecular formula is C13H14N2O. The fourth-order valence-corrected chi connectivity index (χ4v) is 2.15. The number of β-amino-alcohol motifs (C(OH)–C–C–N with tert-alkyl or cyclic N) is 1. The SMILES string of the molecule is OC1(Cc2ccc3ncccc3c2)CNC1. The molecule has 0 radical (unpaired) electrons. The molecule has 0 saturated carbocycles. The molecule has 1 saturated heterocycles. The minimum absolute atomic E-state index is 0.546. The molecule has 1 aromatic heterocycles. The van der Waals surface area contributed by atoms with Crippen LogP contribution in [0.1, 0.15) is 5.56 Å². The van der Waals surface area contributed by atoms with Gasteiger partial charge in [-0.2, -0.15) is 0 Å². The Morgan fingerprint density at radius 3 is 2.94 bits per heavy atom. The second-order valence-corrected chi connectivity index (χ2v) is 4.54. The van der Waals surface area contributed by atoms with E-state index in [1.54, 1.807) is 6.20 Å². The Hall–Kier alpha value is -1.45. The van der Waals surface area contributed by atoms with Crippen molar-refractivity contribution in [2.75, 3.05) is 13.1 Å². The first-order chi connectivity index (χ1) is 7.75. The molecule has 0 bridgehead atoms. The van der Waals surface area contributed by atoms with Crippen LogP contribution in [0.3, 0.4) is 0 Å². The van der Waals surface area contributed by atoms with Crippen molar-refractivity contribution in [3.8, 4) is 0 Å². The summed E-state index contributed by atoms with van der Waals surface area (Å²) >= 11 is 0. The van der Waals surface area contributed by atoms with Crippen molar-refractivity contribution in [1.82, 2.24) is 10.3 Å². The molecule has 0 unspecified atom stereocenters. The van der Waals surface area contributed by atoms with Crippen molar-refractivity contribution < 1.29 is 5.11 Å². The Labute approximate surface area is 94.1 Å². The van der Waals surface area contributed by atoms with E-state index in [0.717, 1.165) is 10.9 Å². The third kappa shape index (κ3) is 1.68. The van der Waals surface area contributed by atoms with Crippen molar-refractivity contribution in [2.45, 2.75) is 12.0 Å². The Morgan fingerprint density at radius 1 is 1.31 bits per heavy atom. The molecule has 16 heavy (non-hydrogen) atoms. The summed E-state index contributed by atoms with van der Waals surface area (Å²) in [6, 6.07) is 10.2. The van der Waals surface area contributed by atoms with Gasteiger partial charge in [-0.1, -0.05) is 12.1 Å². The summed E-state index contributed by atoms with van der Waals surface area (Å²) in [5.41, 5.74) is 1.63. The van der Waals surface area contributed by atoms with E-state index in [2.05, 4.69) is 22.4 Å². The van der Waals surface area contributed by atoms with Crippen LogP contribution in [0, 0.1) is 0 Å². The second kappa shape index (κ2) is 3.54. The van der Waals surface area contributed by atoms with Crippen LogP contribution in [0.25, 0.3) is 10.9 Å². The molecule has 2 N–H and O–H groups in total. The van der Waals surface area contributed by atoms with Crippen LogP contribution in [0.15, 0.2) is 36.5 Å². The lowest BCUT2D eigenvalue weighted by Crippen LogP contribution is -2.60. The van der Waals surface area contributed by atoms with Crippen molar-refractivity contribution in [1.29, 1.82) is 0 Å². The van der Waals surface area contributed by atoms with Crippen molar-refractivity contribution in [2.24, 2.45) is 0 Å². The Kier molecular flexibility index (Phi) is 2.16.